The third-order valence-electron chi connectivity index (χ3n) is 3.89. The molecule has 2 rings (SSSR count). The standard InChI is InChI=1S/C19H19F2N3O5S/c1-11(17(25)22-13-5-7-14(8-6-13)30-19(20)21)29-18(26)12-4-9-15(23(2)3)16(10-12)24(27)28/h4-11,19H,1-3H3,(H,22,25). The van der Waals surface area contributed by atoms with Crippen molar-refractivity contribution in [1.82, 2.24) is 0 Å². The number of esters is 1. The van der Waals surface area contributed by atoms with E-state index in [1.54, 1.807) is 14.1 Å². The third-order valence-corrected chi connectivity index (χ3v) is 4.61. The summed E-state index contributed by atoms with van der Waals surface area (Å²) in [6, 6.07) is 9.61. The molecule has 1 N–H and O–H groups in total. The van der Waals surface area contributed by atoms with Gasteiger partial charge in [0.1, 0.15) is 5.69 Å². The lowest BCUT2D eigenvalue weighted by Crippen LogP contribution is -2.30. The van der Waals surface area contributed by atoms with Crippen molar-refractivity contribution in [3.8, 4) is 0 Å². The van der Waals surface area contributed by atoms with Gasteiger partial charge in [0.15, 0.2) is 6.10 Å². The average Bonchev–Trinajstić information content (AvgIpc) is 2.68. The smallest absolute Gasteiger partial charge is 0.339 e. The molecule has 0 radical (unpaired) electrons. The minimum Gasteiger partial charge on any atom is -0.449 e. The molecule has 0 aromatic heterocycles. The Labute approximate surface area is 175 Å². The van der Waals surface area contributed by atoms with Gasteiger partial charge in [0.2, 0.25) is 0 Å². The van der Waals surface area contributed by atoms with Crippen LogP contribution in [0.3, 0.4) is 0 Å². The van der Waals surface area contributed by atoms with E-state index in [1.807, 2.05) is 0 Å². The molecule has 0 saturated carbocycles. The van der Waals surface area contributed by atoms with Crippen molar-refractivity contribution in [3.05, 3.63) is 58.1 Å². The molecule has 0 spiro atoms. The molecular formula is C19H19F2N3O5S. The Kier molecular flexibility index (Phi) is 7.70. The number of hydrogen-bond acceptors (Lipinski definition) is 7. The summed E-state index contributed by atoms with van der Waals surface area (Å²) in [5.41, 5.74) is 0.317. The van der Waals surface area contributed by atoms with Crippen molar-refractivity contribution >= 4 is 40.7 Å². The number of nitrogens with zero attached hydrogens (tertiary/aromatic N) is 2. The van der Waals surface area contributed by atoms with Gasteiger partial charge >= 0.3 is 5.97 Å². The van der Waals surface area contributed by atoms with Crippen molar-refractivity contribution in [2.24, 2.45) is 0 Å². The molecule has 0 heterocycles. The summed E-state index contributed by atoms with van der Waals surface area (Å²) < 4.78 is 29.8. The minimum atomic E-state index is -2.55. The largest absolute Gasteiger partial charge is 0.449 e. The summed E-state index contributed by atoms with van der Waals surface area (Å²) in [6.07, 6.45) is -1.19. The predicted molar refractivity (Wildman–Crippen MR) is 109 cm³/mol. The zero-order valence-electron chi connectivity index (χ0n) is 16.3. The highest BCUT2D eigenvalue weighted by molar-refractivity contribution is 7.99. The van der Waals surface area contributed by atoms with Crippen LogP contribution in [0, 0.1) is 10.1 Å². The summed E-state index contributed by atoms with van der Waals surface area (Å²) in [5, 5.41) is 13.7. The molecule has 1 amide bonds. The van der Waals surface area contributed by atoms with Gasteiger partial charge in [0.25, 0.3) is 17.4 Å². The number of nitrogens with one attached hydrogen (secondary N) is 1. The number of anilines is 2. The predicted octanol–water partition coefficient (Wildman–Crippen LogP) is 4.16. The van der Waals surface area contributed by atoms with Gasteiger partial charge in [0.05, 0.1) is 10.5 Å². The van der Waals surface area contributed by atoms with E-state index in [-0.39, 0.29) is 11.3 Å². The number of rotatable bonds is 8. The molecule has 1 atom stereocenters. The number of carbonyl (C=O) groups is 2. The van der Waals surface area contributed by atoms with Crippen molar-refractivity contribution in [3.63, 3.8) is 0 Å². The van der Waals surface area contributed by atoms with Crippen molar-refractivity contribution in [1.29, 1.82) is 0 Å². The molecule has 11 heteroatoms. The monoisotopic (exact) mass is 439 g/mol. The van der Waals surface area contributed by atoms with Crippen LogP contribution in [-0.2, 0) is 9.53 Å². The van der Waals surface area contributed by atoms with E-state index in [1.165, 1.54) is 48.2 Å². The topological polar surface area (TPSA) is 102 Å². The normalized spacial score (nSPS) is 11.7. The Bertz CT molecular complexity index is 938. The van der Waals surface area contributed by atoms with E-state index in [4.69, 9.17) is 4.74 Å². The van der Waals surface area contributed by atoms with Gasteiger partial charge < -0.3 is 15.0 Å². The maximum atomic E-state index is 12.3. The fraction of sp³-hybridized carbons (Fsp3) is 0.263. The highest BCUT2D eigenvalue weighted by Crippen LogP contribution is 2.28. The molecule has 30 heavy (non-hydrogen) atoms. The lowest BCUT2D eigenvalue weighted by Gasteiger charge is -2.15. The van der Waals surface area contributed by atoms with Gasteiger partial charge in [-0.15, -0.1) is 0 Å². The first-order valence-corrected chi connectivity index (χ1v) is 9.49. The maximum Gasteiger partial charge on any atom is 0.339 e. The van der Waals surface area contributed by atoms with Crippen LogP contribution in [0.15, 0.2) is 47.4 Å². The molecule has 2 aromatic rings. The molecule has 0 fully saturated rings. The molecule has 0 aliphatic rings. The van der Waals surface area contributed by atoms with Gasteiger partial charge in [-0.2, -0.15) is 8.78 Å². The van der Waals surface area contributed by atoms with E-state index >= 15 is 0 Å². The van der Waals surface area contributed by atoms with Crippen LogP contribution in [0.1, 0.15) is 17.3 Å². The van der Waals surface area contributed by atoms with Crippen LogP contribution >= 0.6 is 11.8 Å². The third kappa shape index (κ3) is 6.14. The fourth-order valence-electron chi connectivity index (χ4n) is 2.42. The number of thioether (sulfide) groups is 1. The number of amides is 1. The van der Waals surface area contributed by atoms with Gasteiger partial charge in [-0.1, -0.05) is 11.8 Å². The number of ether oxygens (including phenoxy) is 1. The van der Waals surface area contributed by atoms with Crippen LogP contribution in [0.5, 0.6) is 0 Å². The zero-order valence-corrected chi connectivity index (χ0v) is 17.1. The Morgan fingerprint density at radius 2 is 1.80 bits per heavy atom. The highest BCUT2D eigenvalue weighted by Gasteiger charge is 2.23. The number of halogens is 2. The number of nitro benzene ring substituents is 1. The second-order valence-electron chi connectivity index (χ2n) is 6.29. The second-order valence-corrected chi connectivity index (χ2v) is 7.36. The number of carbonyl (C=O) groups excluding carboxylic acids is 2. The summed E-state index contributed by atoms with van der Waals surface area (Å²) in [4.78, 5) is 37.0. The first-order valence-electron chi connectivity index (χ1n) is 8.61. The molecular weight excluding hydrogens is 420 g/mol. The van der Waals surface area contributed by atoms with Gasteiger partial charge in [-0.3, -0.25) is 14.9 Å². The maximum absolute atomic E-state index is 12.3. The van der Waals surface area contributed by atoms with E-state index < -0.39 is 28.7 Å². The average molecular weight is 439 g/mol. The lowest BCUT2D eigenvalue weighted by atomic mass is 10.1. The molecule has 0 aliphatic carbocycles. The Morgan fingerprint density at radius 1 is 1.17 bits per heavy atom. The molecule has 2 aromatic carbocycles. The Hall–Kier alpha value is -3.21. The first kappa shape index (κ1) is 23.1. The number of alkyl halides is 2. The van der Waals surface area contributed by atoms with Crippen LogP contribution in [-0.4, -0.2) is 42.8 Å². The van der Waals surface area contributed by atoms with Crippen LogP contribution < -0.4 is 10.2 Å². The molecule has 160 valence electrons. The van der Waals surface area contributed by atoms with E-state index in [2.05, 4.69) is 5.32 Å². The van der Waals surface area contributed by atoms with Gasteiger partial charge in [-0.05, 0) is 43.3 Å². The quantitative estimate of drug-likeness (QED) is 0.285. The second kappa shape index (κ2) is 10.0. The number of hydrogen-bond donors (Lipinski definition) is 1. The van der Waals surface area contributed by atoms with Gasteiger partial charge in [-0.25, -0.2) is 4.79 Å². The zero-order chi connectivity index (χ0) is 22.4. The van der Waals surface area contributed by atoms with Gasteiger partial charge in [0, 0.05) is 30.7 Å². The number of benzene rings is 2. The first-order chi connectivity index (χ1) is 14.1. The fourth-order valence-corrected chi connectivity index (χ4v) is 2.92. The molecule has 8 nitrogen and oxygen atoms in total. The molecule has 0 bridgehead atoms. The Balaban J connectivity index is 2.03. The van der Waals surface area contributed by atoms with Crippen LogP contribution in [0.4, 0.5) is 25.8 Å². The van der Waals surface area contributed by atoms with Crippen molar-refractivity contribution in [2.75, 3.05) is 24.3 Å². The Morgan fingerprint density at radius 3 is 2.33 bits per heavy atom. The molecule has 0 saturated heterocycles. The molecule has 1 unspecified atom stereocenters. The SMILES string of the molecule is CC(OC(=O)c1ccc(N(C)C)c([N+](=O)[O-])c1)C(=O)Nc1ccc(SC(F)F)cc1. The van der Waals surface area contributed by atoms with Crippen LogP contribution in [0.25, 0.3) is 0 Å². The van der Waals surface area contributed by atoms with Crippen LogP contribution in [0.2, 0.25) is 0 Å². The molecule has 0 aliphatic heterocycles. The summed E-state index contributed by atoms with van der Waals surface area (Å²) in [5.74, 6) is -4.08. The van der Waals surface area contributed by atoms with E-state index in [9.17, 15) is 28.5 Å². The summed E-state index contributed by atoms with van der Waals surface area (Å²) in [6.45, 7) is 1.34. The van der Waals surface area contributed by atoms with Crippen molar-refractivity contribution in [2.45, 2.75) is 23.7 Å². The van der Waals surface area contributed by atoms with E-state index in [0.717, 1.165) is 6.07 Å². The van der Waals surface area contributed by atoms with E-state index in [0.29, 0.717) is 28.0 Å². The number of nitro groups is 1. The lowest BCUT2D eigenvalue weighted by molar-refractivity contribution is -0.384. The summed E-state index contributed by atoms with van der Waals surface area (Å²) in [7, 11) is 3.26. The van der Waals surface area contributed by atoms with Crippen molar-refractivity contribution < 1.29 is 28.0 Å². The summed E-state index contributed by atoms with van der Waals surface area (Å²) >= 11 is 0.378. The minimum absolute atomic E-state index is 0.0691. The highest BCUT2D eigenvalue weighted by atomic mass is 32.2.